The van der Waals surface area contributed by atoms with Gasteiger partial charge in [0.15, 0.2) is 5.79 Å². The van der Waals surface area contributed by atoms with Gasteiger partial charge >= 0.3 is 0 Å². The van der Waals surface area contributed by atoms with Gasteiger partial charge in [0.05, 0.1) is 6.61 Å². The summed E-state index contributed by atoms with van der Waals surface area (Å²) in [6, 6.07) is 0. The summed E-state index contributed by atoms with van der Waals surface area (Å²) in [6.45, 7) is 12.1. The SMILES string of the molecule is CC(C)=CC(=O)SCCNC(=O)CCNC(=O)C1OC(C)(C)OCC1(C)C. The second-order valence-corrected chi connectivity index (χ2v) is 9.05. The molecule has 1 unspecified atom stereocenters. The Bertz CT molecular complexity index is 583. The van der Waals surface area contributed by atoms with E-state index in [1.165, 1.54) is 11.8 Å². The number of thioether (sulfide) groups is 1. The van der Waals surface area contributed by atoms with Crippen molar-refractivity contribution in [1.29, 1.82) is 0 Å². The molecule has 0 bridgehead atoms. The topological polar surface area (TPSA) is 93.7 Å². The summed E-state index contributed by atoms with van der Waals surface area (Å²) in [6.07, 6.45) is 1.11. The van der Waals surface area contributed by atoms with E-state index in [9.17, 15) is 14.4 Å². The van der Waals surface area contributed by atoms with Gasteiger partial charge in [-0.3, -0.25) is 14.4 Å². The highest BCUT2D eigenvalue weighted by Gasteiger charge is 2.45. The molecule has 2 amide bonds. The maximum atomic E-state index is 12.4. The Morgan fingerprint density at radius 2 is 1.78 bits per heavy atom. The molecular weight excluding hydrogens is 368 g/mol. The van der Waals surface area contributed by atoms with E-state index in [0.29, 0.717) is 18.9 Å². The quantitative estimate of drug-likeness (QED) is 0.478. The maximum absolute atomic E-state index is 12.4. The van der Waals surface area contributed by atoms with Crippen molar-refractivity contribution in [2.24, 2.45) is 5.41 Å². The van der Waals surface area contributed by atoms with Gasteiger partial charge in [-0.15, -0.1) is 0 Å². The van der Waals surface area contributed by atoms with Crippen LogP contribution in [0.15, 0.2) is 11.6 Å². The number of carbonyl (C=O) groups is 3. The summed E-state index contributed by atoms with van der Waals surface area (Å²) in [5.74, 6) is -0.708. The largest absolute Gasteiger partial charge is 0.355 e. The average molecular weight is 401 g/mol. The minimum absolute atomic E-state index is 0.0153. The first-order valence-electron chi connectivity index (χ1n) is 9.11. The molecule has 154 valence electrons. The molecule has 0 aromatic carbocycles. The van der Waals surface area contributed by atoms with E-state index in [2.05, 4.69) is 10.6 Å². The Labute approximate surface area is 166 Å². The molecule has 1 heterocycles. The predicted molar refractivity (Wildman–Crippen MR) is 106 cm³/mol. The van der Waals surface area contributed by atoms with Gasteiger partial charge in [-0.05, 0) is 33.8 Å². The summed E-state index contributed by atoms with van der Waals surface area (Å²) in [5, 5.41) is 5.48. The van der Waals surface area contributed by atoms with Crippen molar-refractivity contribution in [1.82, 2.24) is 10.6 Å². The molecule has 0 aromatic heterocycles. The van der Waals surface area contributed by atoms with Crippen LogP contribution >= 0.6 is 11.8 Å². The van der Waals surface area contributed by atoms with Crippen LogP contribution in [0.3, 0.4) is 0 Å². The molecule has 0 spiro atoms. The molecule has 8 heteroatoms. The van der Waals surface area contributed by atoms with Crippen molar-refractivity contribution in [3.8, 4) is 0 Å². The summed E-state index contributed by atoms with van der Waals surface area (Å²) < 4.78 is 11.4. The normalized spacial score (nSPS) is 20.4. The van der Waals surface area contributed by atoms with E-state index in [-0.39, 0.29) is 29.9 Å². The van der Waals surface area contributed by atoms with Crippen LogP contribution in [0.25, 0.3) is 0 Å². The maximum Gasteiger partial charge on any atom is 0.249 e. The van der Waals surface area contributed by atoms with Crippen molar-refractivity contribution in [3.05, 3.63) is 11.6 Å². The molecule has 0 saturated carbocycles. The molecule has 1 fully saturated rings. The lowest BCUT2D eigenvalue weighted by molar-refractivity contribution is -0.304. The summed E-state index contributed by atoms with van der Waals surface area (Å²) in [7, 11) is 0. The summed E-state index contributed by atoms with van der Waals surface area (Å²) in [5.41, 5.74) is 0.504. The number of hydrogen-bond donors (Lipinski definition) is 2. The van der Waals surface area contributed by atoms with Crippen LogP contribution in [0.4, 0.5) is 0 Å². The highest BCUT2D eigenvalue weighted by molar-refractivity contribution is 8.14. The van der Waals surface area contributed by atoms with E-state index in [1.54, 1.807) is 19.9 Å². The first kappa shape index (κ1) is 23.7. The third-order valence-electron chi connectivity index (χ3n) is 3.87. The molecule has 0 aliphatic carbocycles. The molecule has 1 atom stereocenters. The first-order chi connectivity index (χ1) is 12.4. The minimum atomic E-state index is -0.810. The van der Waals surface area contributed by atoms with Crippen molar-refractivity contribution in [2.45, 2.75) is 59.9 Å². The summed E-state index contributed by atoms with van der Waals surface area (Å²) in [4.78, 5) is 35.8. The fraction of sp³-hybridized carbons (Fsp3) is 0.737. The lowest BCUT2D eigenvalue weighted by Crippen LogP contribution is -2.56. The molecule has 1 aliphatic rings. The van der Waals surface area contributed by atoms with Crippen LogP contribution in [-0.4, -0.2) is 54.3 Å². The van der Waals surface area contributed by atoms with Crippen molar-refractivity contribution >= 4 is 28.7 Å². The van der Waals surface area contributed by atoms with Gasteiger partial charge in [0.25, 0.3) is 0 Å². The number of hydrogen-bond acceptors (Lipinski definition) is 6. The van der Waals surface area contributed by atoms with E-state index in [4.69, 9.17) is 9.47 Å². The molecule has 1 aliphatic heterocycles. The van der Waals surface area contributed by atoms with Gasteiger partial charge in [0.2, 0.25) is 16.9 Å². The van der Waals surface area contributed by atoms with Crippen LogP contribution in [0.5, 0.6) is 0 Å². The molecule has 1 rings (SSSR count). The number of nitrogens with one attached hydrogen (secondary N) is 2. The van der Waals surface area contributed by atoms with Crippen LogP contribution in [0, 0.1) is 5.41 Å². The summed E-state index contributed by atoms with van der Waals surface area (Å²) >= 11 is 1.17. The number of amides is 2. The molecule has 27 heavy (non-hydrogen) atoms. The van der Waals surface area contributed by atoms with Gasteiger partial charge in [-0.1, -0.05) is 31.2 Å². The molecule has 1 saturated heterocycles. The first-order valence-corrected chi connectivity index (χ1v) is 10.1. The zero-order valence-electron chi connectivity index (χ0n) is 17.1. The molecule has 0 aromatic rings. The third kappa shape index (κ3) is 8.90. The third-order valence-corrected chi connectivity index (χ3v) is 4.68. The smallest absolute Gasteiger partial charge is 0.249 e. The molecule has 0 radical (unpaired) electrons. The zero-order chi connectivity index (χ0) is 20.7. The van der Waals surface area contributed by atoms with E-state index in [0.717, 1.165) is 5.57 Å². The van der Waals surface area contributed by atoms with Crippen LogP contribution < -0.4 is 10.6 Å². The highest BCUT2D eigenvalue weighted by Crippen LogP contribution is 2.34. The fourth-order valence-electron chi connectivity index (χ4n) is 2.42. The Morgan fingerprint density at radius 1 is 1.11 bits per heavy atom. The molecule has 2 N–H and O–H groups in total. The van der Waals surface area contributed by atoms with Crippen LogP contribution in [0.1, 0.15) is 48.0 Å². The number of ether oxygens (including phenoxy) is 2. The van der Waals surface area contributed by atoms with E-state index in [1.807, 2.05) is 27.7 Å². The average Bonchev–Trinajstić information content (AvgIpc) is 2.53. The van der Waals surface area contributed by atoms with Gasteiger partial charge in [0, 0.05) is 30.7 Å². The standard InChI is InChI=1S/C19H32N2O5S/c1-13(2)11-15(23)27-10-9-20-14(22)7-8-21-17(24)16-18(3,4)12-25-19(5,6)26-16/h11,16H,7-10,12H2,1-6H3,(H,20,22)(H,21,24). The van der Waals surface area contributed by atoms with Crippen molar-refractivity contribution < 1.29 is 23.9 Å². The Hall–Kier alpha value is -1.38. The van der Waals surface area contributed by atoms with Gasteiger partial charge in [-0.2, -0.15) is 0 Å². The predicted octanol–water partition coefficient (Wildman–Crippen LogP) is 2.01. The van der Waals surface area contributed by atoms with Crippen LogP contribution in [-0.2, 0) is 23.9 Å². The molecule has 7 nitrogen and oxygen atoms in total. The van der Waals surface area contributed by atoms with E-state index >= 15 is 0 Å². The fourth-order valence-corrected chi connectivity index (χ4v) is 3.15. The monoisotopic (exact) mass is 400 g/mol. The molecular formula is C19H32N2O5S. The van der Waals surface area contributed by atoms with Crippen molar-refractivity contribution in [2.75, 3.05) is 25.4 Å². The lowest BCUT2D eigenvalue weighted by atomic mass is 9.85. The second kappa shape index (κ2) is 10.2. The Morgan fingerprint density at radius 3 is 2.41 bits per heavy atom. The van der Waals surface area contributed by atoms with E-state index < -0.39 is 17.3 Å². The second-order valence-electron chi connectivity index (χ2n) is 7.96. The lowest BCUT2D eigenvalue weighted by Gasteiger charge is -2.44. The highest BCUT2D eigenvalue weighted by atomic mass is 32.2. The minimum Gasteiger partial charge on any atom is -0.355 e. The number of rotatable bonds is 8. The van der Waals surface area contributed by atoms with Gasteiger partial charge < -0.3 is 20.1 Å². The Balaban J connectivity index is 2.27. The Kier molecular flexibility index (Phi) is 8.98. The van der Waals surface area contributed by atoms with Crippen LogP contribution in [0.2, 0.25) is 0 Å². The number of carbonyl (C=O) groups excluding carboxylic acids is 3. The number of allylic oxidation sites excluding steroid dienone is 1. The van der Waals surface area contributed by atoms with Gasteiger partial charge in [0.1, 0.15) is 6.10 Å². The van der Waals surface area contributed by atoms with Crippen molar-refractivity contribution in [3.63, 3.8) is 0 Å². The zero-order valence-corrected chi connectivity index (χ0v) is 18.0. The van der Waals surface area contributed by atoms with Gasteiger partial charge in [-0.25, -0.2) is 0 Å².